The molecule has 0 spiro atoms. The van der Waals surface area contributed by atoms with Crippen LogP contribution in [-0.2, 0) is 11.3 Å². The Morgan fingerprint density at radius 1 is 1.35 bits per heavy atom. The topological polar surface area (TPSA) is 84.5 Å². The summed E-state index contributed by atoms with van der Waals surface area (Å²) in [6.07, 6.45) is 4.92. The van der Waals surface area contributed by atoms with Gasteiger partial charge in [-0.15, -0.1) is 5.10 Å². The van der Waals surface area contributed by atoms with Crippen molar-refractivity contribution in [3.8, 4) is 0 Å². The van der Waals surface area contributed by atoms with Crippen molar-refractivity contribution in [3.63, 3.8) is 0 Å². The Balaban J connectivity index is 1.69. The monoisotopic (exact) mass is 276 g/mol. The Hall–Kier alpha value is -2.22. The number of nitrogens with zero attached hydrogens (tertiary/aromatic N) is 5. The number of hydrogen-bond acceptors (Lipinski definition) is 5. The van der Waals surface area contributed by atoms with Crippen LogP contribution in [0.25, 0.3) is 5.65 Å². The van der Waals surface area contributed by atoms with Crippen molar-refractivity contribution in [2.24, 2.45) is 0 Å². The van der Waals surface area contributed by atoms with E-state index in [1.54, 1.807) is 6.20 Å². The molecule has 1 fully saturated rings. The van der Waals surface area contributed by atoms with Crippen molar-refractivity contribution in [2.45, 2.75) is 13.0 Å². The zero-order chi connectivity index (χ0) is 13.9. The Morgan fingerprint density at radius 3 is 2.90 bits per heavy atom. The number of hydrogen-bond donors (Lipinski definition) is 1. The molecule has 1 amide bonds. The van der Waals surface area contributed by atoms with Gasteiger partial charge < -0.3 is 10.2 Å². The van der Waals surface area contributed by atoms with Gasteiger partial charge in [-0.2, -0.15) is 0 Å². The highest BCUT2D eigenvalue weighted by molar-refractivity contribution is 5.76. The van der Waals surface area contributed by atoms with E-state index in [1.165, 1.54) is 21.5 Å². The number of aromatic nitrogens is 4. The van der Waals surface area contributed by atoms with Gasteiger partial charge in [-0.25, -0.2) is 13.9 Å². The average molecular weight is 276 g/mol. The van der Waals surface area contributed by atoms with Gasteiger partial charge in [-0.1, -0.05) is 0 Å². The molecule has 2 aromatic rings. The number of aryl methyl sites for hydroxylation is 1. The molecule has 8 nitrogen and oxygen atoms in total. The minimum atomic E-state index is -0.240. The van der Waals surface area contributed by atoms with Crippen LogP contribution in [0.5, 0.6) is 0 Å². The summed E-state index contributed by atoms with van der Waals surface area (Å²) >= 11 is 0. The van der Waals surface area contributed by atoms with Crippen molar-refractivity contribution < 1.29 is 4.79 Å². The fourth-order valence-electron chi connectivity index (χ4n) is 2.30. The third kappa shape index (κ3) is 2.42. The highest BCUT2D eigenvalue weighted by atomic mass is 16.2. The third-order valence-corrected chi connectivity index (χ3v) is 3.40. The number of nitrogens with one attached hydrogen (secondary N) is 1. The molecule has 8 heteroatoms. The Kier molecular flexibility index (Phi) is 3.46. The molecule has 1 aliphatic heterocycles. The quantitative estimate of drug-likeness (QED) is 0.754. The van der Waals surface area contributed by atoms with E-state index in [1.807, 2.05) is 4.90 Å². The van der Waals surface area contributed by atoms with Crippen LogP contribution >= 0.6 is 0 Å². The zero-order valence-corrected chi connectivity index (χ0v) is 11.0. The van der Waals surface area contributed by atoms with Gasteiger partial charge in [0.05, 0.1) is 12.7 Å². The standard InChI is InChI=1S/C12H16N6O2/c19-11(16-6-2-13-3-7-16)1-5-18-12(20)17-8-4-14-9-10(17)15-18/h4,8-9,13H,1-3,5-7H2. The van der Waals surface area contributed by atoms with E-state index in [9.17, 15) is 9.59 Å². The van der Waals surface area contributed by atoms with Crippen molar-refractivity contribution >= 4 is 11.6 Å². The highest BCUT2D eigenvalue weighted by Crippen LogP contribution is 1.99. The van der Waals surface area contributed by atoms with Gasteiger partial charge >= 0.3 is 5.69 Å². The molecule has 0 radical (unpaired) electrons. The molecule has 0 atom stereocenters. The van der Waals surface area contributed by atoms with Gasteiger partial charge in [0.15, 0.2) is 5.65 Å². The van der Waals surface area contributed by atoms with E-state index in [0.717, 1.165) is 26.2 Å². The van der Waals surface area contributed by atoms with E-state index in [4.69, 9.17) is 0 Å². The van der Waals surface area contributed by atoms with Crippen molar-refractivity contribution in [2.75, 3.05) is 26.2 Å². The molecule has 0 aliphatic carbocycles. The number of carbonyl (C=O) groups excluding carboxylic acids is 1. The minimum absolute atomic E-state index is 0.0635. The van der Waals surface area contributed by atoms with E-state index in [2.05, 4.69) is 15.4 Å². The molecule has 3 heterocycles. The summed E-state index contributed by atoms with van der Waals surface area (Å²) in [6, 6.07) is 0. The molecule has 3 rings (SSSR count). The fourth-order valence-corrected chi connectivity index (χ4v) is 2.30. The van der Waals surface area contributed by atoms with E-state index in [0.29, 0.717) is 12.2 Å². The second kappa shape index (κ2) is 5.41. The first-order valence-corrected chi connectivity index (χ1v) is 6.63. The lowest BCUT2D eigenvalue weighted by atomic mass is 10.3. The van der Waals surface area contributed by atoms with Crippen LogP contribution in [0.15, 0.2) is 23.4 Å². The molecular weight excluding hydrogens is 260 g/mol. The molecule has 1 N–H and O–H groups in total. The summed E-state index contributed by atoms with van der Waals surface area (Å²) in [5, 5.41) is 7.35. The minimum Gasteiger partial charge on any atom is -0.340 e. The smallest absolute Gasteiger partial charge is 0.340 e. The molecule has 0 bridgehead atoms. The maximum absolute atomic E-state index is 12.0. The molecular formula is C12H16N6O2. The Bertz CT molecular complexity index is 670. The third-order valence-electron chi connectivity index (χ3n) is 3.40. The molecule has 1 saturated heterocycles. The average Bonchev–Trinajstić information content (AvgIpc) is 2.83. The van der Waals surface area contributed by atoms with Crippen molar-refractivity contribution in [3.05, 3.63) is 29.1 Å². The first-order chi connectivity index (χ1) is 9.75. The Labute approximate surface area is 115 Å². The number of piperazine rings is 1. The lowest BCUT2D eigenvalue weighted by Crippen LogP contribution is -2.46. The van der Waals surface area contributed by atoms with Crippen LogP contribution in [0, 0.1) is 0 Å². The van der Waals surface area contributed by atoms with E-state index >= 15 is 0 Å². The van der Waals surface area contributed by atoms with Gasteiger partial charge in [-0.05, 0) is 0 Å². The second-order valence-corrected chi connectivity index (χ2v) is 4.69. The summed E-state index contributed by atoms with van der Waals surface area (Å²) in [5.41, 5.74) is 0.252. The zero-order valence-electron chi connectivity index (χ0n) is 11.0. The summed E-state index contributed by atoms with van der Waals surface area (Å²) in [7, 11) is 0. The number of fused-ring (bicyclic) bond motifs is 1. The largest absolute Gasteiger partial charge is 0.350 e. The molecule has 0 unspecified atom stereocenters. The summed E-state index contributed by atoms with van der Waals surface area (Å²) in [5.74, 6) is 0.0635. The number of carbonyl (C=O) groups is 1. The van der Waals surface area contributed by atoms with Crippen LogP contribution in [-0.4, -0.2) is 56.2 Å². The van der Waals surface area contributed by atoms with E-state index < -0.39 is 0 Å². The first kappa shape index (κ1) is 12.8. The predicted octanol–water partition coefficient (Wildman–Crippen LogP) is -1.29. The molecule has 1 aliphatic rings. The summed E-state index contributed by atoms with van der Waals surface area (Å²) in [6.45, 7) is 3.40. The Morgan fingerprint density at radius 2 is 2.15 bits per heavy atom. The second-order valence-electron chi connectivity index (χ2n) is 4.69. The summed E-state index contributed by atoms with van der Waals surface area (Å²) in [4.78, 5) is 29.8. The van der Waals surface area contributed by atoms with Gasteiger partial charge in [0, 0.05) is 45.0 Å². The molecule has 0 aromatic carbocycles. The van der Waals surface area contributed by atoms with Crippen molar-refractivity contribution in [1.82, 2.24) is 29.4 Å². The van der Waals surface area contributed by atoms with Gasteiger partial charge in [0.25, 0.3) is 0 Å². The van der Waals surface area contributed by atoms with Gasteiger partial charge in [0.1, 0.15) is 0 Å². The van der Waals surface area contributed by atoms with Crippen LogP contribution in [0.2, 0.25) is 0 Å². The first-order valence-electron chi connectivity index (χ1n) is 6.63. The number of amides is 1. The SMILES string of the molecule is O=C(CCn1nc2cnccn2c1=O)N1CCNCC1. The lowest BCUT2D eigenvalue weighted by Gasteiger charge is -2.27. The molecule has 20 heavy (non-hydrogen) atoms. The maximum Gasteiger partial charge on any atom is 0.350 e. The van der Waals surface area contributed by atoms with Gasteiger partial charge in [-0.3, -0.25) is 9.78 Å². The number of rotatable bonds is 3. The van der Waals surface area contributed by atoms with Crippen LogP contribution in [0.1, 0.15) is 6.42 Å². The normalized spacial score (nSPS) is 15.7. The van der Waals surface area contributed by atoms with Crippen LogP contribution in [0.3, 0.4) is 0 Å². The van der Waals surface area contributed by atoms with Crippen LogP contribution < -0.4 is 11.0 Å². The molecule has 2 aromatic heterocycles. The van der Waals surface area contributed by atoms with Crippen LogP contribution in [0.4, 0.5) is 0 Å². The highest BCUT2D eigenvalue weighted by Gasteiger charge is 2.16. The van der Waals surface area contributed by atoms with Crippen molar-refractivity contribution in [1.29, 1.82) is 0 Å². The molecule has 0 saturated carbocycles. The fraction of sp³-hybridized carbons (Fsp3) is 0.500. The molecule has 106 valence electrons. The summed E-state index contributed by atoms with van der Waals surface area (Å²) < 4.78 is 2.74. The van der Waals surface area contributed by atoms with Gasteiger partial charge in [0.2, 0.25) is 5.91 Å². The lowest BCUT2D eigenvalue weighted by molar-refractivity contribution is -0.132. The maximum atomic E-state index is 12.0. The predicted molar refractivity (Wildman–Crippen MR) is 71.3 cm³/mol. The van der Waals surface area contributed by atoms with E-state index in [-0.39, 0.29) is 18.0 Å².